The van der Waals surface area contributed by atoms with Crippen LogP contribution in [0.1, 0.15) is 72.2 Å². The molecule has 0 spiro atoms. The van der Waals surface area contributed by atoms with Crippen LogP contribution in [0.25, 0.3) is 0 Å². The SMILES string of the molecule is C=C1[C@H](OC(C)=O)[C@H]2[C@@H](OC(C)=O)[C@](C)(O)C[C@]2(OC(C)=O)C(=O)[C@H](C)/C=C/C(C)(C)C(=O)[C@H](OC(=O)c2ccccc2)[C@H]1OC(C)=O.O. The van der Waals surface area contributed by atoms with Gasteiger partial charge in [-0.25, -0.2) is 4.79 Å². The van der Waals surface area contributed by atoms with Gasteiger partial charge < -0.3 is 34.3 Å². The number of hydrogen-bond acceptors (Lipinski definition) is 13. The molecule has 0 amide bonds. The summed E-state index contributed by atoms with van der Waals surface area (Å²) >= 11 is 0. The summed E-state index contributed by atoms with van der Waals surface area (Å²) in [5.41, 5.74) is -6.22. The van der Waals surface area contributed by atoms with Crippen molar-refractivity contribution in [1.29, 1.82) is 0 Å². The summed E-state index contributed by atoms with van der Waals surface area (Å²) in [5, 5.41) is 11.7. The van der Waals surface area contributed by atoms with Crippen LogP contribution < -0.4 is 0 Å². The van der Waals surface area contributed by atoms with E-state index in [-0.39, 0.29) is 11.0 Å². The number of ether oxygens (including phenoxy) is 5. The Morgan fingerprint density at radius 3 is 1.82 bits per heavy atom. The minimum Gasteiger partial charge on any atom is -0.459 e. The maximum Gasteiger partial charge on any atom is 0.338 e. The molecule has 49 heavy (non-hydrogen) atoms. The molecule has 3 rings (SSSR count). The number of aliphatic hydroxyl groups is 1. The number of carbonyl (C=O) groups is 7. The van der Waals surface area contributed by atoms with Crippen molar-refractivity contribution in [3.05, 3.63) is 60.2 Å². The first kappa shape index (κ1) is 40.5. The summed E-state index contributed by atoms with van der Waals surface area (Å²) in [6, 6.07) is 7.68. The van der Waals surface area contributed by atoms with E-state index >= 15 is 0 Å². The average molecular weight is 689 g/mol. The second kappa shape index (κ2) is 15.2. The highest BCUT2D eigenvalue weighted by molar-refractivity contribution is 5.97. The molecule has 0 aromatic heterocycles. The number of hydrogen-bond donors (Lipinski definition) is 1. The highest BCUT2D eigenvalue weighted by atomic mass is 16.6. The zero-order valence-electron chi connectivity index (χ0n) is 28.8. The monoisotopic (exact) mass is 688 g/mol. The Hall–Kier alpha value is -4.69. The molecule has 1 aromatic rings. The zero-order chi connectivity index (χ0) is 36.4. The summed E-state index contributed by atoms with van der Waals surface area (Å²) in [4.78, 5) is 92.7. The highest BCUT2D eigenvalue weighted by Gasteiger charge is 2.70. The van der Waals surface area contributed by atoms with Crippen molar-refractivity contribution in [3.8, 4) is 0 Å². The molecule has 2 aliphatic carbocycles. The van der Waals surface area contributed by atoms with Crippen molar-refractivity contribution in [3.63, 3.8) is 0 Å². The van der Waals surface area contributed by atoms with Crippen LogP contribution in [0.15, 0.2) is 54.6 Å². The fourth-order valence-electron chi connectivity index (χ4n) is 6.37. The molecule has 0 bridgehead atoms. The topological polar surface area (TPSA) is 217 Å². The van der Waals surface area contributed by atoms with Crippen LogP contribution >= 0.6 is 0 Å². The van der Waals surface area contributed by atoms with Crippen molar-refractivity contribution in [2.24, 2.45) is 17.3 Å². The molecule has 0 heterocycles. The molecule has 1 aromatic carbocycles. The Morgan fingerprint density at radius 1 is 0.776 bits per heavy atom. The van der Waals surface area contributed by atoms with Gasteiger partial charge >= 0.3 is 29.8 Å². The molecule has 8 atom stereocenters. The van der Waals surface area contributed by atoms with E-state index in [9.17, 15) is 38.7 Å². The first-order valence-corrected chi connectivity index (χ1v) is 15.3. The Labute approximate surface area is 284 Å². The van der Waals surface area contributed by atoms with Gasteiger partial charge in [0, 0.05) is 51.0 Å². The van der Waals surface area contributed by atoms with Gasteiger partial charge in [0.1, 0.15) is 17.8 Å². The lowest BCUT2D eigenvalue weighted by Gasteiger charge is -2.42. The lowest BCUT2D eigenvalue weighted by molar-refractivity contribution is -0.187. The van der Waals surface area contributed by atoms with Gasteiger partial charge in [0.05, 0.1) is 11.5 Å². The van der Waals surface area contributed by atoms with E-state index in [2.05, 4.69) is 6.58 Å². The maximum atomic E-state index is 14.5. The predicted octanol–water partition coefficient (Wildman–Crippen LogP) is 2.18. The number of Topliss-reactive ketones (excluding diaryl/α,β-unsaturated/α-hetero) is 2. The van der Waals surface area contributed by atoms with Gasteiger partial charge in [-0.2, -0.15) is 0 Å². The number of esters is 5. The minimum absolute atomic E-state index is 0. The van der Waals surface area contributed by atoms with Crippen LogP contribution in [-0.2, 0) is 52.5 Å². The van der Waals surface area contributed by atoms with Crippen molar-refractivity contribution in [1.82, 2.24) is 0 Å². The van der Waals surface area contributed by atoms with Crippen LogP contribution in [0.3, 0.4) is 0 Å². The lowest BCUT2D eigenvalue weighted by Crippen LogP contribution is -2.58. The fraction of sp³-hybridized carbons (Fsp3) is 0.514. The van der Waals surface area contributed by atoms with Gasteiger partial charge in [-0.15, -0.1) is 0 Å². The van der Waals surface area contributed by atoms with E-state index in [1.807, 2.05) is 0 Å². The Kier molecular flexibility index (Phi) is 12.6. The summed E-state index contributed by atoms with van der Waals surface area (Å²) in [5.74, 6) is -9.11. The molecule has 14 nitrogen and oxygen atoms in total. The third-order valence-electron chi connectivity index (χ3n) is 8.40. The standard InChI is InChI=1S/C35H42O13.H2O/c1-18-15-16-33(7,8)30(41)28(47-32(42)24-13-11-10-12-14-24)27(45-21(4)37)19(2)26(44-20(3)36)25-31(46-22(5)38)34(9,43)17-35(25,29(18)40)48-23(6)39;/h10-16,18,25-28,31,43H,2,17H2,1,3-9H3;1H2/b16-15+;/t18-,25+,26+,27+,28-,31-,34-,35-;/m1./s1. The Bertz CT molecular complexity index is 1520. The number of rotatable bonds is 6. The van der Waals surface area contributed by atoms with Crippen molar-refractivity contribution in [2.75, 3.05) is 0 Å². The molecule has 1 fully saturated rings. The molecular formula is C35H44O14. The van der Waals surface area contributed by atoms with Crippen molar-refractivity contribution >= 4 is 41.4 Å². The fourth-order valence-corrected chi connectivity index (χ4v) is 6.37. The molecule has 14 heteroatoms. The van der Waals surface area contributed by atoms with Crippen LogP contribution in [0.4, 0.5) is 0 Å². The Morgan fingerprint density at radius 2 is 1.31 bits per heavy atom. The lowest BCUT2D eigenvalue weighted by atomic mass is 9.72. The quantitative estimate of drug-likeness (QED) is 0.258. The second-order valence-electron chi connectivity index (χ2n) is 13.0. The smallest absolute Gasteiger partial charge is 0.338 e. The predicted molar refractivity (Wildman–Crippen MR) is 170 cm³/mol. The van der Waals surface area contributed by atoms with E-state index in [0.717, 1.165) is 27.7 Å². The van der Waals surface area contributed by atoms with Gasteiger partial charge in [0.15, 0.2) is 23.3 Å². The second-order valence-corrected chi connectivity index (χ2v) is 13.0. The highest BCUT2D eigenvalue weighted by Crippen LogP contribution is 2.52. The van der Waals surface area contributed by atoms with E-state index in [0.29, 0.717) is 0 Å². The molecule has 268 valence electrons. The molecule has 3 N–H and O–H groups in total. The third kappa shape index (κ3) is 8.67. The van der Waals surface area contributed by atoms with Crippen LogP contribution in [0, 0.1) is 17.3 Å². The molecule has 1 saturated carbocycles. The largest absolute Gasteiger partial charge is 0.459 e. The maximum absolute atomic E-state index is 14.5. The van der Waals surface area contributed by atoms with Crippen LogP contribution in [0.2, 0.25) is 0 Å². The first-order valence-electron chi connectivity index (χ1n) is 15.3. The van der Waals surface area contributed by atoms with Gasteiger partial charge in [-0.3, -0.25) is 28.8 Å². The van der Waals surface area contributed by atoms with E-state index in [1.165, 1.54) is 52.0 Å². The van der Waals surface area contributed by atoms with E-state index < -0.39 is 106 Å². The minimum atomic E-state index is -2.33. The van der Waals surface area contributed by atoms with Gasteiger partial charge in [-0.1, -0.05) is 43.9 Å². The molecule has 0 unspecified atom stereocenters. The number of benzene rings is 1. The van der Waals surface area contributed by atoms with Gasteiger partial charge in [-0.05, 0) is 32.9 Å². The van der Waals surface area contributed by atoms with Crippen LogP contribution in [0.5, 0.6) is 0 Å². The summed E-state index contributed by atoms with van der Waals surface area (Å²) in [6.07, 6.45) is -5.15. The number of allylic oxidation sites excluding steroid dienone is 2. The average Bonchev–Trinajstić information content (AvgIpc) is 3.19. The van der Waals surface area contributed by atoms with Crippen molar-refractivity contribution in [2.45, 2.75) is 97.4 Å². The summed E-state index contributed by atoms with van der Waals surface area (Å²) < 4.78 is 28.4. The molecule has 0 saturated heterocycles. The number of ketones is 2. The molecule has 2 aliphatic rings. The van der Waals surface area contributed by atoms with E-state index in [1.54, 1.807) is 18.2 Å². The zero-order valence-corrected chi connectivity index (χ0v) is 28.8. The summed E-state index contributed by atoms with van der Waals surface area (Å²) in [6.45, 7) is 13.8. The number of fused-ring (bicyclic) bond motifs is 1. The van der Waals surface area contributed by atoms with Crippen LogP contribution in [-0.4, -0.2) is 87.6 Å². The Balaban J connectivity index is 0.00000833. The van der Waals surface area contributed by atoms with Crippen molar-refractivity contribution < 1.29 is 67.8 Å². The molecule has 0 radical (unpaired) electrons. The van der Waals surface area contributed by atoms with Gasteiger partial charge in [0.25, 0.3) is 0 Å². The van der Waals surface area contributed by atoms with Gasteiger partial charge in [0.2, 0.25) is 6.10 Å². The molecule has 0 aliphatic heterocycles. The normalized spacial score (nSPS) is 31.7. The summed E-state index contributed by atoms with van der Waals surface area (Å²) in [7, 11) is 0. The third-order valence-corrected chi connectivity index (χ3v) is 8.40. The molecular weight excluding hydrogens is 644 g/mol. The number of carbonyl (C=O) groups excluding carboxylic acids is 7. The van der Waals surface area contributed by atoms with E-state index in [4.69, 9.17) is 23.7 Å². The first-order chi connectivity index (χ1) is 22.1.